The van der Waals surface area contributed by atoms with Crippen molar-refractivity contribution in [2.24, 2.45) is 5.73 Å². The Balaban J connectivity index is 2.75. The second kappa shape index (κ2) is 6.02. The summed E-state index contributed by atoms with van der Waals surface area (Å²) in [5.41, 5.74) is 6.38. The highest BCUT2D eigenvalue weighted by atomic mass is 32.2. The Bertz CT molecular complexity index is 440. The zero-order chi connectivity index (χ0) is 12.9. The van der Waals surface area contributed by atoms with Crippen LogP contribution in [0, 0.1) is 0 Å². The molecular weight excluding hydrogens is 236 g/mol. The van der Waals surface area contributed by atoms with Crippen molar-refractivity contribution in [2.45, 2.75) is 31.2 Å². The molecule has 0 amide bonds. The summed E-state index contributed by atoms with van der Waals surface area (Å²) in [4.78, 5) is 0.372. The van der Waals surface area contributed by atoms with Crippen molar-refractivity contribution in [1.82, 2.24) is 0 Å². The predicted molar refractivity (Wildman–Crippen MR) is 70.9 cm³/mol. The second-order valence-corrected chi connectivity index (χ2v) is 6.33. The van der Waals surface area contributed by atoms with E-state index in [1.807, 2.05) is 6.92 Å². The minimum absolute atomic E-state index is 0.128. The van der Waals surface area contributed by atoms with E-state index in [9.17, 15) is 8.42 Å². The minimum atomic E-state index is -3.10. The number of hydrogen-bond donors (Lipinski definition) is 2. The monoisotopic (exact) mass is 256 g/mol. The van der Waals surface area contributed by atoms with Gasteiger partial charge in [0.2, 0.25) is 0 Å². The van der Waals surface area contributed by atoms with Gasteiger partial charge in [-0.1, -0.05) is 6.92 Å². The summed E-state index contributed by atoms with van der Waals surface area (Å²) in [5.74, 6) is 0.128. The van der Waals surface area contributed by atoms with Gasteiger partial charge in [0.15, 0.2) is 9.84 Å². The van der Waals surface area contributed by atoms with E-state index in [0.717, 1.165) is 12.1 Å². The maximum Gasteiger partial charge on any atom is 0.178 e. The van der Waals surface area contributed by atoms with Crippen LogP contribution in [-0.2, 0) is 9.84 Å². The van der Waals surface area contributed by atoms with Crippen molar-refractivity contribution < 1.29 is 8.42 Å². The summed E-state index contributed by atoms with van der Waals surface area (Å²) in [6.07, 6.45) is 0.884. The first-order valence-electron chi connectivity index (χ1n) is 5.79. The summed E-state index contributed by atoms with van der Waals surface area (Å²) >= 11 is 0. The van der Waals surface area contributed by atoms with Gasteiger partial charge < -0.3 is 11.1 Å². The lowest BCUT2D eigenvalue weighted by atomic mass is 10.2. The molecule has 0 bridgehead atoms. The lowest BCUT2D eigenvalue weighted by Gasteiger charge is -2.14. The molecule has 5 heteroatoms. The summed E-state index contributed by atoms with van der Waals surface area (Å²) in [7, 11) is -3.10. The van der Waals surface area contributed by atoms with Gasteiger partial charge >= 0.3 is 0 Å². The van der Waals surface area contributed by atoms with Crippen molar-refractivity contribution in [3.05, 3.63) is 24.3 Å². The molecular formula is C12H20N2O2S. The van der Waals surface area contributed by atoms with Crippen LogP contribution in [0.4, 0.5) is 5.69 Å². The standard InChI is InChI=1S/C12H20N2O2S/c1-3-17(15,16)12-6-4-11(5-7-12)14-10(2)8-9-13/h4-7,10,14H,3,8-9,13H2,1-2H3. The number of sulfone groups is 1. The first kappa shape index (κ1) is 14.0. The Hall–Kier alpha value is -1.07. The molecule has 0 fully saturated rings. The van der Waals surface area contributed by atoms with Gasteiger partial charge in [-0.2, -0.15) is 0 Å². The Morgan fingerprint density at radius 2 is 1.88 bits per heavy atom. The Kier molecular flexibility index (Phi) is 4.96. The van der Waals surface area contributed by atoms with E-state index in [-0.39, 0.29) is 11.8 Å². The third kappa shape index (κ3) is 4.02. The molecule has 0 aliphatic rings. The molecule has 1 unspecified atom stereocenters. The average Bonchev–Trinajstić information content (AvgIpc) is 2.30. The van der Waals surface area contributed by atoms with E-state index in [0.29, 0.717) is 11.4 Å². The molecule has 0 radical (unpaired) electrons. The number of rotatable bonds is 6. The summed E-state index contributed by atoms with van der Waals surface area (Å²) in [6, 6.07) is 7.13. The fourth-order valence-electron chi connectivity index (χ4n) is 1.53. The van der Waals surface area contributed by atoms with Crippen molar-refractivity contribution in [3.8, 4) is 0 Å². The number of benzene rings is 1. The summed E-state index contributed by atoms with van der Waals surface area (Å²) in [5, 5.41) is 3.26. The van der Waals surface area contributed by atoms with Crippen LogP contribution in [0.1, 0.15) is 20.3 Å². The maximum absolute atomic E-state index is 11.6. The van der Waals surface area contributed by atoms with E-state index < -0.39 is 9.84 Å². The van der Waals surface area contributed by atoms with Crippen LogP contribution in [0.3, 0.4) is 0 Å². The van der Waals surface area contributed by atoms with Gasteiger partial charge in [0.05, 0.1) is 10.6 Å². The number of hydrogen-bond acceptors (Lipinski definition) is 4. The first-order chi connectivity index (χ1) is 7.99. The SMILES string of the molecule is CCS(=O)(=O)c1ccc(NC(C)CCN)cc1. The summed E-state index contributed by atoms with van der Waals surface area (Å²) in [6.45, 7) is 4.32. The average molecular weight is 256 g/mol. The Morgan fingerprint density at radius 1 is 1.29 bits per heavy atom. The van der Waals surface area contributed by atoms with Crippen LogP contribution in [-0.4, -0.2) is 26.8 Å². The first-order valence-corrected chi connectivity index (χ1v) is 7.44. The highest BCUT2D eigenvalue weighted by molar-refractivity contribution is 7.91. The molecule has 1 aromatic carbocycles. The highest BCUT2D eigenvalue weighted by Gasteiger charge is 2.10. The minimum Gasteiger partial charge on any atom is -0.383 e. The van der Waals surface area contributed by atoms with Crippen molar-refractivity contribution in [1.29, 1.82) is 0 Å². The smallest absolute Gasteiger partial charge is 0.178 e. The molecule has 0 saturated heterocycles. The molecule has 1 aromatic rings. The zero-order valence-electron chi connectivity index (χ0n) is 10.3. The molecule has 0 aliphatic heterocycles. The molecule has 4 nitrogen and oxygen atoms in total. The van der Waals surface area contributed by atoms with Gasteiger partial charge in [0.1, 0.15) is 0 Å². The molecule has 1 rings (SSSR count). The predicted octanol–water partition coefficient (Wildman–Crippen LogP) is 1.63. The van der Waals surface area contributed by atoms with Crippen LogP contribution in [0.25, 0.3) is 0 Å². The molecule has 0 aliphatic carbocycles. The van der Waals surface area contributed by atoms with Crippen molar-refractivity contribution >= 4 is 15.5 Å². The van der Waals surface area contributed by atoms with Gasteiger partial charge in [-0.3, -0.25) is 0 Å². The van der Waals surface area contributed by atoms with E-state index in [1.54, 1.807) is 31.2 Å². The Labute approximate surface area is 103 Å². The van der Waals surface area contributed by atoms with Crippen molar-refractivity contribution in [2.75, 3.05) is 17.6 Å². The molecule has 0 aromatic heterocycles. The summed E-state index contributed by atoms with van der Waals surface area (Å²) < 4.78 is 23.2. The molecule has 0 saturated carbocycles. The molecule has 3 N–H and O–H groups in total. The normalized spacial score (nSPS) is 13.4. The lowest BCUT2D eigenvalue weighted by Crippen LogP contribution is -2.19. The molecule has 17 heavy (non-hydrogen) atoms. The van der Waals surface area contributed by atoms with Crippen LogP contribution < -0.4 is 11.1 Å². The lowest BCUT2D eigenvalue weighted by molar-refractivity contribution is 0.597. The van der Waals surface area contributed by atoms with Gasteiger partial charge in [-0.15, -0.1) is 0 Å². The number of nitrogens with one attached hydrogen (secondary N) is 1. The Morgan fingerprint density at radius 3 is 2.35 bits per heavy atom. The highest BCUT2D eigenvalue weighted by Crippen LogP contribution is 2.16. The molecule has 0 heterocycles. The molecule has 0 spiro atoms. The van der Waals surface area contributed by atoms with Gasteiger partial charge in [-0.05, 0) is 44.2 Å². The van der Waals surface area contributed by atoms with E-state index in [1.165, 1.54) is 0 Å². The second-order valence-electron chi connectivity index (χ2n) is 4.05. The van der Waals surface area contributed by atoms with Crippen LogP contribution in [0.5, 0.6) is 0 Å². The topological polar surface area (TPSA) is 72.2 Å². The van der Waals surface area contributed by atoms with Crippen LogP contribution in [0.15, 0.2) is 29.2 Å². The maximum atomic E-state index is 11.6. The molecule has 1 atom stereocenters. The number of anilines is 1. The number of nitrogens with two attached hydrogens (primary N) is 1. The van der Waals surface area contributed by atoms with Gasteiger partial charge in [0.25, 0.3) is 0 Å². The zero-order valence-corrected chi connectivity index (χ0v) is 11.1. The fraction of sp³-hybridized carbons (Fsp3) is 0.500. The largest absolute Gasteiger partial charge is 0.383 e. The quantitative estimate of drug-likeness (QED) is 0.811. The van der Waals surface area contributed by atoms with Gasteiger partial charge in [-0.25, -0.2) is 8.42 Å². The van der Waals surface area contributed by atoms with E-state index >= 15 is 0 Å². The third-order valence-electron chi connectivity index (χ3n) is 2.61. The van der Waals surface area contributed by atoms with E-state index in [2.05, 4.69) is 5.32 Å². The molecule has 96 valence electrons. The van der Waals surface area contributed by atoms with Crippen molar-refractivity contribution in [3.63, 3.8) is 0 Å². The van der Waals surface area contributed by atoms with Crippen LogP contribution in [0.2, 0.25) is 0 Å². The van der Waals surface area contributed by atoms with E-state index in [4.69, 9.17) is 5.73 Å². The third-order valence-corrected chi connectivity index (χ3v) is 4.36. The fourth-order valence-corrected chi connectivity index (χ4v) is 2.42. The van der Waals surface area contributed by atoms with Crippen LogP contribution >= 0.6 is 0 Å². The van der Waals surface area contributed by atoms with Gasteiger partial charge in [0, 0.05) is 11.7 Å².